The molecule has 0 amide bonds. The largest absolute Gasteiger partial charge is 0.495 e. The summed E-state index contributed by atoms with van der Waals surface area (Å²) in [5.74, 6) is 0. The second-order valence-electron chi connectivity index (χ2n) is 8.83. The predicted molar refractivity (Wildman–Crippen MR) is 107 cm³/mol. The standard InChI is InChI=1S/C20H30BN3O3/c1-19(2)20(3,4)27-21(26-19)17-7-5-8-18-16(17)13-22-24(18)11-6-10-23-12-9-15(25)14-23/h5,7-8,13,15,25H,6,9-12,14H2,1-4H3/t15-/m1/s1. The number of aliphatic hydroxyl groups is 1. The number of benzene rings is 1. The Balaban J connectivity index is 1.49. The summed E-state index contributed by atoms with van der Waals surface area (Å²) < 4.78 is 14.5. The van der Waals surface area contributed by atoms with Gasteiger partial charge in [-0.3, -0.25) is 4.68 Å². The fraction of sp³-hybridized carbons (Fsp3) is 0.650. The van der Waals surface area contributed by atoms with Crippen molar-refractivity contribution in [3.8, 4) is 0 Å². The quantitative estimate of drug-likeness (QED) is 0.813. The smallest absolute Gasteiger partial charge is 0.399 e. The van der Waals surface area contributed by atoms with Gasteiger partial charge in [-0.2, -0.15) is 5.10 Å². The van der Waals surface area contributed by atoms with Gasteiger partial charge < -0.3 is 19.3 Å². The van der Waals surface area contributed by atoms with Crippen molar-refractivity contribution in [1.29, 1.82) is 0 Å². The number of hydrogen-bond acceptors (Lipinski definition) is 5. The van der Waals surface area contributed by atoms with Crippen molar-refractivity contribution >= 4 is 23.5 Å². The molecule has 7 heteroatoms. The Bertz CT molecular complexity index is 804. The van der Waals surface area contributed by atoms with Crippen LogP contribution in [-0.4, -0.2) is 63.8 Å². The van der Waals surface area contributed by atoms with Crippen molar-refractivity contribution in [2.45, 2.75) is 64.4 Å². The summed E-state index contributed by atoms with van der Waals surface area (Å²) in [7, 11) is -0.373. The third kappa shape index (κ3) is 3.54. The van der Waals surface area contributed by atoms with Crippen molar-refractivity contribution in [2.24, 2.45) is 0 Å². The maximum atomic E-state index is 9.65. The molecule has 4 rings (SSSR count). The number of β-amino-alcohol motifs (C(OH)–C–C–N with tert-alkyl or cyclic N) is 1. The minimum Gasteiger partial charge on any atom is -0.399 e. The van der Waals surface area contributed by atoms with Gasteiger partial charge in [0.1, 0.15) is 0 Å². The van der Waals surface area contributed by atoms with Gasteiger partial charge in [-0.15, -0.1) is 0 Å². The van der Waals surface area contributed by atoms with Crippen molar-refractivity contribution in [1.82, 2.24) is 14.7 Å². The molecule has 3 heterocycles. The Kier molecular flexibility index (Phi) is 4.83. The number of aliphatic hydroxyl groups excluding tert-OH is 1. The van der Waals surface area contributed by atoms with Crippen LogP contribution in [0.4, 0.5) is 0 Å². The Morgan fingerprint density at radius 1 is 1.19 bits per heavy atom. The zero-order chi connectivity index (χ0) is 19.2. The average Bonchev–Trinajstić information content (AvgIpc) is 3.25. The molecule has 0 spiro atoms. The highest BCUT2D eigenvalue weighted by Gasteiger charge is 2.52. The minimum atomic E-state index is -0.373. The summed E-state index contributed by atoms with van der Waals surface area (Å²) in [6.45, 7) is 12.0. The van der Waals surface area contributed by atoms with Crippen LogP contribution in [0.25, 0.3) is 10.9 Å². The van der Waals surface area contributed by atoms with E-state index in [0.717, 1.165) is 55.4 Å². The first kappa shape index (κ1) is 18.9. The number of aromatic nitrogens is 2. The topological polar surface area (TPSA) is 59.8 Å². The molecule has 146 valence electrons. The van der Waals surface area contributed by atoms with Gasteiger partial charge in [0, 0.05) is 31.6 Å². The molecule has 6 nitrogen and oxygen atoms in total. The van der Waals surface area contributed by atoms with Crippen LogP contribution in [0.2, 0.25) is 0 Å². The highest BCUT2D eigenvalue weighted by atomic mass is 16.7. The highest BCUT2D eigenvalue weighted by molar-refractivity contribution is 6.65. The fourth-order valence-electron chi connectivity index (χ4n) is 3.94. The Morgan fingerprint density at radius 2 is 1.93 bits per heavy atom. The molecule has 0 unspecified atom stereocenters. The molecule has 1 aromatic carbocycles. The molecule has 2 aromatic rings. The van der Waals surface area contributed by atoms with E-state index in [1.54, 1.807) is 0 Å². The van der Waals surface area contributed by atoms with Gasteiger partial charge in [0.2, 0.25) is 0 Å². The summed E-state index contributed by atoms with van der Waals surface area (Å²) in [6, 6.07) is 6.23. The van der Waals surface area contributed by atoms with Crippen LogP contribution in [0, 0.1) is 0 Å². The van der Waals surface area contributed by atoms with Crippen LogP contribution in [0.5, 0.6) is 0 Å². The van der Waals surface area contributed by atoms with E-state index in [1.807, 2.05) is 6.20 Å². The molecular weight excluding hydrogens is 341 g/mol. The number of rotatable bonds is 5. The van der Waals surface area contributed by atoms with E-state index in [-0.39, 0.29) is 24.4 Å². The van der Waals surface area contributed by atoms with Gasteiger partial charge >= 0.3 is 7.12 Å². The van der Waals surface area contributed by atoms with Crippen molar-refractivity contribution in [3.05, 3.63) is 24.4 Å². The molecule has 1 aromatic heterocycles. The summed E-state index contributed by atoms with van der Waals surface area (Å²) >= 11 is 0. The van der Waals surface area contributed by atoms with E-state index in [0.29, 0.717) is 0 Å². The molecule has 2 aliphatic rings. The zero-order valence-electron chi connectivity index (χ0n) is 16.8. The van der Waals surface area contributed by atoms with Gasteiger partial charge in [-0.25, -0.2) is 0 Å². The lowest BCUT2D eigenvalue weighted by atomic mass is 9.77. The first-order chi connectivity index (χ1) is 12.8. The summed E-state index contributed by atoms with van der Waals surface area (Å²) in [5, 5.41) is 15.4. The lowest BCUT2D eigenvalue weighted by molar-refractivity contribution is 0.00578. The summed E-state index contributed by atoms with van der Waals surface area (Å²) in [6.07, 6.45) is 3.68. The third-order valence-corrected chi connectivity index (χ3v) is 6.32. The summed E-state index contributed by atoms with van der Waals surface area (Å²) in [4.78, 5) is 2.33. The number of fused-ring (bicyclic) bond motifs is 1. The van der Waals surface area contributed by atoms with Crippen LogP contribution in [0.15, 0.2) is 24.4 Å². The normalized spacial score (nSPS) is 24.9. The number of likely N-dealkylation sites (tertiary alicyclic amines) is 1. The lowest BCUT2D eigenvalue weighted by Gasteiger charge is -2.32. The van der Waals surface area contributed by atoms with E-state index < -0.39 is 0 Å². The van der Waals surface area contributed by atoms with Crippen LogP contribution >= 0.6 is 0 Å². The van der Waals surface area contributed by atoms with Crippen LogP contribution in [0.3, 0.4) is 0 Å². The Hall–Kier alpha value is -1.41. The number of nitrogens with zero attached hydrogens (tertiary/aromatic N) is 3. The van der Waals surface area contributed by atoms with E-state index in [1.165, 1.54) is 0 Å². The van der Waals surface area contributed by atoms with E-state index in [9.17, 15) is 5.11 Å². The minimum absolute atomic E-state index is 0.155. The molecule has 2 fully saturated rings. The van der Waals surface area contributed by atoms with Gasteiger partial charge in [-0.1, -0.05) is 12.1 Å². The fourth-order valence-corrected chi connectivity index (χ4v) is 3.94. The molecule has 2 aliphatic heterocycles. The molecule has 0 saturated carbocycles. The first-order valence-electron chi connectivity index (χ1n) is 9.97. The van der Waals surface area contributed by atoms with E-state index in [2.05, 4.69) is 60.6 Å². The predicted octanol–water partition coefficient (Wildman–Crippen LogP) is 1.79. The van der Waals surface area contributed by atoms with E-state index in [4.69, 9.17) is 9.31 Å². The van der Waals surface area contributed by atoms with E-state index >= 15 is 0 Å². The van der Waals surface area contributed by atoms with Gasteiger partial charge in [-0.05, 0) is 52.1 Å². The average molecular weight is 371 g/mol. The molecule has 1 N–H and O–H groups in total. The van der Waals surface area contributed by atoms with Crippen molar-refractivity contribution in [3.63, 3.8) is 0 Å². The second-order valence-corrected chi connectivity index (χ2v) is 8.83. The van der Waals surface area contributed by atoms with Crippen LogP contribution in [-0.2, 0) is 15.9 Å². The van der Waals surface area contributed by atoms with Crippen molar-refractivity contribution in [2.75, 3.05) is 19.6 Å². The Labute approximate surface area is 161 Å². The van der Waals surface area contributed by atoms with Crippen LogP contribution < -0.4 is 5.46 Å². The molecule has 0 bridgehead atoms. The zero-order valence-corrected chi connectivity index (χ0v) is 16.8. The van der Waals surface area contributed by atoms with Gasteiger partial charge in [0.05, 0.1) is 29.0 Å². The van der Waals surface area contributed by atoms with Crippen molar-refractivity contribution < 1.29 is 14.4 Å². The first-order valence-corrected chi connectivity index (χ1v) is 9.97. The summed E-state index contributed by atoms with van der Waals surface area (Å²) in [5.41, 5.74) is 1.45. The second kappa shape index (κ2) is 6.89. The molecule has 0 radical (unpaired) electrons. The lowest BCUT2D eigenvalue weighted by Crippen LogP contribution is -2.41. The highest BCUT2D eigenvalue weighted by Crippen LogP contribution is 2.37. The molecule has 0 aliphatic carbocycles. The molecule has 27 heavy (non-hydrogen) atoms. The maximum Gasteiger partial charge on any atom is 0.495 e. The molecular formula is C20H30BN3O3. The molecule has 2 saturated heterocycles. The van der Waals surface area contributed by atoms with Gasteiger partial charge in [0.15, 0.2) is 0 Å². The molecule has 1 atom stereocenters. The van der Waals surface area contributed by atoms with Gasteiger partial charge in [0.25, 0.3) is 0 Å². The maximum absolute atomic E-state index is 9.65. The SMILES string of the molecule is CC1(C)OB(c2cccc3c2cnn3CCCN2CC[C@@H](O)C2)OC1(C)C. The monoisotopic (exact) mass is 371 g/mol. The Morgan fingerprint density at radius 3 is 2.59 bits per heavy atom. The number of hydrogen-bond donors (Lipinski definition) is 1. The van der Waals surface area contributed by atoms with Crippen LogP contribution in [0.1, 0.15) is 40.5 Å². The number of aryl methyl sites for hydroxylation is 1. The third-order valence-electron chi connectivity index (χ3n) is 6.32.